The maximum Gasteiger partial charge on any atom is 0.222 e. The van der Waals surface area contributed by atoms with Crippen LogP contribution in [0.15, 0.2) is 36.9 Å². The van der Waals surface area contributed by atoms with Crippen molar-refractivity contribution in [2.24, 2.45) is 0 Å². The van der Waals surface area contributed by atoms with Crippen molar-refractivity contribution in [2.75, 3.05) is 0 Å². The molecule has 1 aliphatic rings. The van der Waals surface area contributed by atoms with Gasteiger partial charge < -0.3 is 5.32 Å². The number of carbonyl (C=O) groups is 1. The first-order valence-corrected chi connectivity index (χ1v) is 7.89. The predicted octanol–water partition coefficient (Wildman–Crippen LogP) is 2.56. The van der Waals surface area contributed by atoms with E-state index in [0.717, 1.165) is 25.7 Å². The molecule has 5 heteroatoms. The second-order valence-corrected chi connectivity index (χ2v) is 6.12. The first kappa shape index (κ1) is 14.8. The van der Waals surface area contributed by atoms with Crippen molar-refractivity contribution < 1.29 is 4.79 Å². The Kier molecular flexibility index (Phi) is 4.22. The van der Waals surface area contributed by atoms with Crippen molar-refractivity contribution in [3.05, 3.63) is 48.0 Å². The molecule has 1 amide bonds. The van der Waals surface area contributed by atoms with Gasteiger partial charge in [-0.05, 0) is 25.3 Å². The molecule has 0 aliphatic heterocycles. The van der Waals surface area contributed by atoms with E-state index in [0.29, 0.717) is 13.0 Å². The quantitative estimate of drug-likeness (QED) is 0.923. The SMILES string of the molecule is Cc1cccc(C2(NC(=O)CCn3cncn3)CCCC2)c1. The molecule has 1 fully saturated rings. The fourth-order valence-corrected chi connectivity index (χ4v) is 3.30. The second-order valence-electron chi connectivity index (χ2n) is 6.12. The van der Waals surface area contributed by atoms with Gasteiger partial charge >= 0.3 is 0 Å². The molecule has 116 valence electrons. The van der Waals surface area contributed by atoms with Crippen molar-refractivity contribution >= 4 is 5.91 Å². The highest BCUT2D eigenvalue weighted by Crippen LogP contribution is 2.39. The molecule has 1 aromatic carbocycles. The fourth-order valence-electron chi connectivity index (χ4n) is 3.30. The molecule has 1 aliphatic carbocycles. The number of benzene rings is 1. The summed E-state index contributed by atoms with van der Waals surface area (Å²) in [7, 11) is 0. The van der Waals surface area contributed by atoms with E-state index in [4.69, 9.17) is 0 Å². The van der Waals surface area contributed by atoms with Crippen LogP contribution >= 0.6 is 0 Å². The number of rotatable bonds is 5. The molecule has 3 rings (SSSR count). The Morgan fingerprint density at radius 2 is 2.18 bits per heavy atom. The standard InChI is InChI=1S/C17H22N4O/c1-14-5-4-6-15(11-14)17(8-2-3-9-17)20-16(22)7-10-21-13-18-12-19-21/h4-6,11-13H,2-3,7-10H2,1H3,(H,20,22). The van der Waals surface area contributed by atoms with Gasteiger partial charge in [0.2, 0.25) is 5.91 Å². The maximum absolute atomic E-state index is 12.4. The zero-order valence-electron chi connectivity index (χ0n) is 13.0. The molecular weight excluding hydrogens is 276 g/mol. The van der Waals surface area contributed by atoms with Gasteiger partial charge in [0.05, 0.1) is 12.1 Å². The van der Waals surface area contributed by atoms with E-state index in [9.17, 15) is 4.79 Å². The van der Waals surface area contributed by atoms with Gasteiger partial charge in [0.15, 0.2) is 0 Å². The molecule has 0 radical (unpaired) electrons. The third kappa shape index (κ3) is 3.18. The molecule has 1 saturated carbocycles. The molecule has 0 atom stereocenters. The third-order valence-electron chi connectivity index (χ3n) is 4.44. The van der Waals surface area contributed by atoms with Crippen molar-refractivity contribution in [3.8, 4) is 0 Å². The lowest BCUT2D eigenvalue weighted by molar-refractivity contribution is -0.123. The highest BCUT2D eigenvalue weighted by Gasteiger charge is 2.36. The number of nitrogens with zero attached hydrogens (tertiary/aromatic N) is 3. The van der Waals surface area contributed by atoms with Crippen LogP contribution in [0.4, 0.5) is 0 Å². The van der Waals surface area contributed by atoms with Crippen LogP contribution in [0.25, 0.3) is 0 Å². The molecule has 0 saturated heterocycles. The average Bonchev–Trinajstić information content (AvgIpc) is 3.17. The number of aryl methyl sites for hydroxylation is 2. The van der Waals surface area contributed by atoms with Gasteiger partial charge in [0.25, 0.3) is 0 Å². The molecular formula is C17H22N4O. The van der Waals surface area contributed by atoms with Crippen LogP contribution in [0.5, 0.6) is 0 Å². The highest BCUT2D eigenvalue weighted by atomic mass is 16.1. The summed E-state index contributed by atoms with van der Waals surface area (Å²) in [6.07, 6.45) is 7.92. The van der Waals surface area contributed by atoms with Crippen LogP contribution in [0, 0.1) is 6.92 Å². The van der Waals surface area contributed by atoms with E-state index in [-0.39, 0.29) is 11.4 Å². The van der Waals surface area contributed by atoms with E-state index in [1.54, 1.807) is 11.0 Å². The molecule has 0 bridgehead atoms. The zero-order chi connectivity index (χ0) is 15.4. The van der Waals surface area contributed by atoms with E-state index in [1.807, 2.05) is 0 Å². The van der Waals surface area contributed by atoms with Gasteiger partial charge in [0, 0.05) is 6.42 Å². The summed E-state index contributed by atoms with van der Waals surface area (Å²) in [6.45, 7) is 2.66. The number of aromatic nitrogens is 3. The summed E-state index contributed by atoms with van der Waals surface area (Å²) in [5.74, 6) is 0.0823. The topological polar surface area (TPSA) is 59.8 Å². The summed E-state index contributed by atoms with van der Waals surface area (Å²) in [6, 6.07) is 8.50. The van der Waals surface area contributed by atoms with Gasteiger partial charge in [-0.1, -0.05) is 42.7 Å². The number of hydrogen-bond donors (Lipinski definition) is 1. The van der Waals surface area contributed by atoms with Gasteiger partial charge in [0.1, 0.15) is 12.7 Å². The molecule has 22 heavy (non-hydrogen) atoms. The largest absolute Gasteiger partial charge is 0.347 e. The average molecular weight is 298 g/mol. The first-order chi connectivity index (χ1) is 10.7. The zero-order valence-corrected chi connectivity index (χ0v) is 13.0. The lowest BCUT2D eigenvalue weighted by atomic mass is 9.87. The van der Waals surface area contributed by atoms with E-state index >= 15 is 0 Å². The van der Waals surface area contributed by atoms with Gasteiger partial charge in [-0.25, -0.2) is 4.98 Å². The van der Waals surface area contributed by atoms with Crippen LogP contribution in [0.2, 0.25) is 0 Å². The molecule has 1 N–H and O–H groups in total. The Morgan fingerprint density at radius 1 is 1.36 bits per heavy atom. The van der Waals surface area contributed by atoms with E-state index in [2.05, 4.69) is 46.6 Å². The van der Waals surface area contributed by atoms with Crippen LogP contribution in [-0.4, -0.2) is 20.7 Å². The Hall–Kier alpha value is -2.17. The minimum Gasteiger partial charge on any atom is -0.347 e. The molecule has 1 aromatic heterocycles. The van der Waals surface area contributed by atoms with E-state index in [1.165, 1.54) is 17.5 Å². The lowest BCUT2D eigenvalue weighted by Gasteiger charge is -2.31. The summed E-state index contributed by atoms with van der Waals surface area (Å²) in [5, 5.41) is 7.33. The number of hydrogen-bond acceptors (Lipinski definition) is 3. The Morgan fingerprint density at radius 3 is 2.86 bits per heavy atom. The third-order valence-corrected chi connectivity index (χ3v) is 4.44. The fraction of sp³-hybridized carbons (Fsp3) is 0.471. The number of amides is 1. The minimum atomic E-state index is -0.189. The summed E-state index contributed by atoms with van der Waals surface area (Å²) in [5.41, 5.74) is 2.28. The Labute approximate surface area is 130 Å². The van der Waals surface area contributed by atoms with Crippen molar-refractivity contribution in [3.63, 3.8) is 0 Å². The number of nitrogens with one attached hydrogen (secondary N) is 1. The predicted molar refractivity (Wildman–Crippen MR) is 84.1 cm³/mol. The highest BCUT2D eigenvalue weighted by molar-refractivity contribution is 5.77. The molecule has 1 heterocycles. The van der Waals surface area contributed by atoms with E-state index < -0.39 is 0 Å². The minimum absolute atomic E-state index is 0.0823. The number of carbonyl (C=O) groups excluding carboxylic acids is 1. The van der Waals surface area contributed by atoms with Crippen LogP contribution < -0.4 is 5.32 Å². The monoisotopic (exact) mass is 298 g/mol. The summed E-state index contributed by atoms with van der Waals surface area (Å²) >= 11 is 0. The van der Waals surface area contributed by atoms with Gasteiger partial charge in [-0.3, -0.25) is 9.48 Å². The van der Waals surface area contributed by atoms with Crippen LogP contribution in [0.1, 0.15) is 43.2 Å². The first-order valence-electron chi connectivity index (χ1n) is 7.89. The smallest absolute Gasteiger partial charge is 0.222 e. The molecule has 5 nitrogen and oxygen atoms in total. The van der Waals surface area contributed by atoms with Crippen molar-refractivity contribution in [2.45, 2.75) is 51.1 Å². The summed E-state index contributed by atoms with van der Waals surface area (Å²) in [4.78, 5) is 16.3. The molecule has 0 spiro atoms. The van der Waals surface area contributed by atoms with Crippen molar-refractivity contribution in [1.29, 1.82) is 0 Å². The van der Waals surface area contributed by atoms with Crippen molar-refractivity contribution in [1.82, 2.24) is 20.1 Å². The molecule has 0 unspecified atom stereocenters. The molecule has 2 aromatic rings. The van der Waals surface area contributed by atoms with Gasteiger partial charge in [-0.15, -0.1) is 0 Å². The lowest BCUT2D eigenvalue weighted by Crippen LogP contribution is -2.44. The maximum atomic E-state index is 12.4. The summed E-state index contributed by atoms with van der Waals surface area (Å²) < 4.78 is 1.69. The van der Waals surface area contributed by atoms with Crippen LogP contribution in [-0.2, 0) is 16.9 Å². The normalized spacial score (nSPS) is 16.6. The van der Waals surface area contributed by atoms with Crippen LogP contribution in [0.3, 0.4) is 0 Å². The van der Waals surface area contributed by atoms with Gasteiger partial charge in [-0.2, -0.15) is 5.10 Å². The second kappa shape index (κ2) is 6.30. The Bertz CT molecular complexity index is 630. The Balaban J connectivity index is 1.70.